The normalized spacial score (nSPS) is 16.9. The van der Waals surface area contributed by atoms with Crippen molar-refractivity contribution < 1.29 is 14.3 Å². The molecule has 3 rings (SSSR count). The van der Waals surface area contributed by atoms with E-state index in [1.54, 1.807) is 12.1 Å². The number of benzene rings is 1. The summed E-state index contributed by atoms with van der Waals surface area (Å²) >= 11 is 13.3. The van der Waals surface area contributed by atoms with Crippen molar-refractivity contribution in [3.8, 4) is 0 Å². The first-order valence-electron chi connectivity index (χ1n) is 9.21. The van der Waals surface area contributed by atoms with Gasteiger partial charge in [-0.2, -0.15) is 0 Å². The third kappa shape index (κ3) is 6.82. The lowest BCUT2D eigenvalue weighted by atomic mass is 10.2. The highest BCUT2D eigenvalue weighted by Crippen LogP contribution is 2.23. The fourth-order valence-corrected chi connectivity index (χ4v) is 3.85. The minimum Gasteiger partial charge on any atom is -0.374 e. The highest BCUT2D eigenvalue weighted by molar-refractivity contribution is 7.99. The number of hydrogen-bond donors (Lipinski definition) is 2. The number of amides is 2. The molecule has 30 heavy (non-hydrogen) atoms. The van der Waals surface area contributed by atoms with Crippen LogP contribution in [-0.4, -0.2) is 65.0 Å². The molecular weight excluding hydrogens is 449 g/mol. The van der Waals surface area contributed by atoms with Crippen molar-refractivity contribution in [1.82, 2.24) is 20.4 Å². The summed E-state index contributed by atoms with van der Waals surface area (Å²) in [6.07, 6.45) is -0.0925. The van der Waals surface area contributed by atoms with E-state index in [4.69, 9.17) is 33.7 Å². The summed E-state index contributed by atoms with van der Waals surface area (Å²) in [6.45, 7) is 3.26. The van der Waals surface area contributed by atoms with Crippen molar-refractivity contribution in [1.29, 1.82) is 0 Å². The Kier molecular flexibility index (Phi) is 8.29. The summed E-state index contributed by atoms with van der Waals surface area (Å²) in [5.41, 5.74) is 6.29. The largest absolute Gasteiger partial charge is 0.374 e. The van der Waals surface area contributed by atoms with E-state index >= 15 is 0 Å². The number of halogens is 2. The van der Waals surface area contributed by atoms with Crippen LogP contribution in [0.4, 0.5) is 0 Å². The number of carbonyl (C=O) groups is 2. The average molecular weight is 470 g/mol. The number of morpholine rings is 1. The number of rotatable bonds is 8. The first kappa shape index (κ1) is 22.8. The summed E-state index contributed by atoms with van der Waals surface area (Å²) in [4.78, 5) is 25.4. The molecule has 2 aromatic rings. The van der Waals surface area contributed by atoms with Gasteiger partial charge in [0.25, 0.3) is 5.91 Å². The predicted molar refractivity (Wildman–Crippen MR) is 116 cm³/mol. The highest BCUT2D eigenvalue weighted by Gasteiger charge is 2.21. The molecule has 0 bridgehead atoms. The topological polar surface area (TPSA) is 110 Å². The number of primary amides is 1. The molecule has 11 heteroatoms. The standard InChI is InChI=1S/C19H21Cl2N5O3S/c20-14-2-1-12(7-15(14)21)9-26-5-6-29-13(10-26)8-23-17(27)11-30-18-4-3-16(19(22)28)24-25-18/h1-4,7,13H,5-6,8-11H2,(H2,22,28)(H,23,27)/t13-/m0/s1. The van der Waals surface area contributed by atoms with E-state index < -0.39 is 5.91 Å². The van der Waals surface area contributed by atoms with Gasteiger partial charge in [-0.3, -0.25) is 14.5 Å². The molecule has 0 spiro atoms. The van der Waals surface area contributed by atoms with Gasteiger partial charge in [0.1, 0.15) is 5.03 Å². The fraction of sp³-hybridized carbons (Fsp3) is 0.368. The predicted octanol–water partition coefficient (Wildman–Crippen LogP) is 1.99. The van der Waals surface area contributed by atoms with Gasteiger partial charge in [-0.25, -0.2) is 0 Å². The van der Waals surface area contributed by atoms with E-state index in [0.717, 1.165) is 18.7 Å². The quantitative estimate of drug-likeness (QED) is 0.568. The van der Waals surface area contributed by atoms with Gasteiger partial charge < -0.3 is 15.8 Å². The molecule has 0 radical (unpaired) electrons. The van der Waals surface area contributed by atoms with E-state index in [9.17, 15) is 9.59 Å². The van der Waals surface area contributed by atoms with E-state index in [1.807, 2.05) is 12.1 Å². The van der Waals surface area contributed by atoms with Gasteiger partial charge in [0.15, 0.2) is 5.69 Å². The van der Waals surface area contributed by atoms with Gasteiger partial charge in [-0.05, 0) is 29.8 Å². The molecule has 0 unspecified atom stereocenters. The van der Waals surface area contributed by atoms with Gasteiger partial charge in [0.05, 0.1) is 28.5 Å². The molecule has 1 aliphatic heterocycles. The van der Waals surface area contributed by atoms with E-state index in [2.05, 4.69) is 20.4 Å². The molecule has 8 nitrogen and oxygen atoms in total. The van der Waals surface area contributed by atoms with Crippen molar-refractivity contribution in [3.63, 3.8) is 0 Å². The summed E-state index contributed by atoms with van der Waals surface area (Å²) in [6, 6.07) is 8.70. The molecule has 2 amide bonds. The lowest BCUT2D eigenvalue weighted by molar-refractivity contribution is -0.119. The number of nitrogens with zero attached hydrogens (tertiary/aromatic N) is 3. The Morgan fingerprint density at radius 3 is 2.77 bits per heavy atom. The second-order valence-corrected chi connectivity index (χ2v) is 8.50. The van der Waals surface area contributed by atoms with Gasteiger partial charge in [0.2, 0.25) is 5.91 Å². The smallest absolute Gasteiger partial charge is 0.269 e. The van der Waals surface area contributed by atoms with Crippen LogP contribution in [0.5, 0.6) is 0 Å². The number of hydrogen-bond acceptors (Lipinski definition) is 7. The molecule has 1 atom stereocenters. The van der Waals surface area contributed by atoms with Crippen molar-refractivity contribution in [2.75, 3.05) is 32.0 Å². The second-order valence-electron chi connectivity index (χ2n) is 6.69. The fourth-order valence-electron chi connectivity index (χ4n) is 2.89. The minimum atomic E-state index is -0.641. The molecule has 1 aliphatic rings. The molecule has 1 aromatic carbocycles. The summed E-state index contributed by atoms with van der Waals surface area (Å²) in [5.74, 6) is -0.590. The van der Waals surface area contributed by atoms with Gasteiger partial charge in [0, 0.05) is 26.2 Å². The molecule has 1 fully saturated rings. The lowest BCUT2D eigenvalue weighted by Crippen LogP contribution is -2.47. The first-order chi connectivity index (χ1) is 14.4. The molecule has 0 aliphatic carbocycles. The van der Waals surface area contributed by atoms with Crippen LogP contribution in [0.2, 0.25) is 10.0 Å². The number of aromatic nitrogens is 2. The van der Waals surface area contributed by atoms with Crippen LogP contribution >= 0.6 is 35.0 Å². The second kappa shape index (κ2) is 10.9. The van der Waals surface area contributed by atoms with Crippen LogP contribution in [-0.2, 0) is 16.1 Å². The van der Waals surface area contributed by atoms with Gasteiger partial charge in [-0.1, -0.05) is 41.0 Å². The third-order valence-electron chi connectivity index (χ3n) is 4.38. The van der Waals surface area contributed by atoms with Crippen molar-refractivity contribution in [2.45, 2.75) is 17.7 Å². The Balaban J connectivity index is 1.40. The lowest BCUT2D eigenvalue weighted by Gasteiger charge is -2.33. The van der Waals surface area contributed by atoms with Crippen molar-refractivity contribution in [3.05, 3.63) is 51.6 Å². The Hall–Kier alpha value is -1.91. The Labute approximate surface area is 188 Å². The molecule has 0 saturated carbocycles. The zero-order valence-electron chi connectivity index (χ0n) is 16.0. The van der Waals surface area contributed by atoms with Crippen LogP contribution in [0.15, 0.2) is 35.4 Å². The summed E-state index contributed by atoms with van der Waals surface area (Å²) in [7, 11) is 0. The van der Waals surface area contributed by atoms with E-state index in [0.29, 0.717) is 34.8 Å². The summed E-state index contributed by atoms with van der Waals surface area (Å²) < 4.78 is 5.76. The maximum Gasteiger partial charge on any atom is 0.269 e. The van der Waals surface area contributed by atoms with Crippen LogP contribution in [0, 0.1) is 0 Å². The van der Waals surface area contributed by atoms with Crippen LogP contribution in [0.25, 0.3) is 0 Å². The molecule has 2 heterocycles. The van der Waals surface area contributed by atoms with Crippen LogP contribution in [0.3, 0.4) is 0 Å². The third-order valence-corrected chi connectivity index (χ3v) is 6.04. The molecular formula is C19H21Cl2N5O3S. The number of nitrogens with one attached hydrogen (secondary N) is 1. The molecule has 1 aromatic heterocycles. The molecule has 3 N–H and O–H groups in total. The summed E-state index contributed by atoms with van der Waals surface area (Å²) in [5, 5.41) is 12.1. The Bertz CT molecular complexity index is 900. The number of thioether (sulfide) groups is 1. The number of nitrogens with two attached hydrogens (primary N) is 1. The van der Waals surface area contributed by atoms with E-state index in [-0.39, 0.29) is 23.5 Å². The highest BCUT2D eigenvalue weighted by atomic mass is 35.5. The van der Waals surface area contributed by atoms with E-state index in [1.165, 1.54) is 17.8 Å². The monoisotopic (exact) mass is 469 g/mol. The number of ether oxygens (including phenoxy) is 1. The molecule has 160 valence electrons. The minimum absolute atomic E-state index is 0.0867. The first-order valence-corrected chi connectivity index (χ1v) is 11.0. The zero-order chi connectivity index (χ0) is 21.5. The van der Waals surface area contributed by atoms with Crippen LogP contribution < -0.4 is 11.1 Å². The SMILES string of the molecule is NC(=O)c1ccc(SCC(=O)NC[C@H]2CN(Cc3ccc(Cl)c(Cl)c3)CCO2)nn1. The Morgan fingerprint density at radius 2 is 2.07 bits per heavy atom. The maximum absolute atomic E-state index is 12.1. The van der Waals surface area contributed by atoms with Crippen LogP contribution in [0.1, 0.15) is 16.1 Å². The van der Waals surface area contributed by atoms with Crippen molar-refractivity contribution in [2.24, 2.45) is 5.73 Å². The Morgan fingerprint density at radius 1 is 1.23 bits per heavy atom. The zero-order valence-corrected chi connectivity index (χ0v) is 18.3. The average Bonchev–Trinajstić information content (AvgIpc) is 2.74. The van der Waals surface area contributed by atoms with Gasteiger partial charge in [-0.15, -0.1) is 10.2 Å². The molecule has 1 saturated heterocycles. The number of carbonyl (C=O) groups excluding carboxylic acids is 2. The van der Waals surface area contributed by atoms with Crippen molar-refractivity contribution >= 4 is 46.8 Å². The van der Waals surface area contributed by atoms with Gasteiger partial charge >= 0.3 is 0 Å². The maximum atomic E-state index is 12.1.